The molecule has 0 atom stereocenters. The van der Waals surface area contributed by atoms with Crippen molar-refractivity contribution in [3.8, 4) is 11.5 Å². The normalized spacial score (nSPS) is 10.7. The predicted molar refractivity (Wildman–Crippen MR) is 121 cm³/mol. The van der Waals surface area contributed by atoms with Gasteiger partial charge < -0.3 is 9.73 Å². The summed E-state index contributed by atoms with van der Waals surface area (Å²) in [5, 5.41) is 12.9. The van der Waals surface area contributed by atoms with Gasteiger partial charge in [0, 0.05) is 40.9 Å². The van der Waals surface area contributed by atoms with Gasteiger partial charge in [0.2, 0.25) is 11.0 Å². The Bertz CT molecular complexity index is 1300. The average molecular weight is 448 g/mol. The molecule has 3 aromatic carbocycles. The summed E-state index contributed by atoms with van der Waals surface area (Å²) < 4.78 is 8.19. The summed E-state index contributed by atoms with van der Waals surface area (Å²) in [5.41, 5.74) is 3.55. The predicted octanol–water partition coefficient (Wildman–Crippen LogP) is 5.32. The van der Waals surface area contributed by atoms with E-state index in [1.165, 1.54) is 24.3 Å². The number of oxazole rings is 1. The molecule has 4 rings (SSSR count). The molecule has 1 heterocycles. The van der Waals surface area contributed by atoms with Crippen LogP contribution in [-0.4, -0.2) is 21.1 Å². The minimum atomic E-state index is -0.594. The summed E-state index contributed by atoms with van der Waals surface area (Å²) in [7, 11) is 0. The number of nitrogens with one attached hydrogen (secondary N) is 2. The fraction of sp³-hybridized carbons (Fsp3) is 0.0455. The lowest BCUT2D eigenvalue weighted by Gasteiger charge is -2.10. The number of nitrogens with zero attached hydrogens (tertiary/aromatic N) is 2. The van der Waals surface area contributed by atoms with Gasteiger partial charge in [-0.05, 0) is 48.9 Å². The number of hydrogen-bond acceptors (Lipinski definition) is 7. The second-order valence-electron chi connectivity index (χ2n) is 6.77. The number of nitro benzene ring substituents is 1. The van der Waals surface area contributed by atoms with Crippen LogP contribution in [0.1, 0.15) is 15.9 Å². The van der Waals surface area contributed by atoms with E-state index in [1.54, 1.807) is 6.07 Å². The Balaban J connectivity index is 1.42. The number of non-ortho nitro benzene ring substituents is 1. The Morgan fingerprint density at radius 2 is 1.81 bits per heavy atom. The quantitative estimate of drug-likeness (QED) is 0.246. The SMILES string of the molecule is Cc1ccc(-c2nc3ccccc3o2)cc1NC(=O)NSC(=O)c1ccc([N+](=O)[O-])cc1. The molecular formula is C22H16N4O5S. The van der Waals surface area contributed by atoms with Crippen LogP contribution in [0.2, 0.25) is 0 Å². The zero-order valence-electron chi connectivity index (χ0n) is 16.7. The number of nitro groups is 1. The standard InChI is InChI=1S/C22H16N4O5S/c1-13-6-7-15(20-23-17-4-2-3-5-19(17)31-20)12-18(13)24-22(28)25-32-21(27)14-8-10-16(11-9-14)26(29)30/h2-12H,1H3,(H2,24,25,28). The number of rotatable bonds is 4. The topological polar surface area (TPSA) is 127 Å². The van der Waals surface area contributed by atoms with E-state index in [-0.39, 0.29) is 11.3 Å². The summed E-state index contributed by atoms with van der Waals surface area (Å²) >= 11 is 0.579. The molecule has 0 aliphatic carbocycles. The minimum absolute atomic E-state index is 0.119. The zero-order valence-corrected chi connectivity index (χ0v) is 17.5. The first kappa shape index (κ1) is 21.1. The molecule has 0 aliphatic rings. The Morgan fingerprint density at radius 1 is 1.06 bits per heavy atom. The van der Waals surface area contributed by atoms with Gasteiger partial charge in [-0.25, -0.2) is 9.78 Å². The monoisotopic (exact) mass is 448 g/mol. The van der Waals surface area contributed by atoms with Crippen molar-refractivity contribution >= 4 is 45.6 Å². The summed E-state index contributed by atoms with van der Waals surface area (Å²) in [5.74, 6) is 0.428. The molecule has 0 bridgehead atoms. The number of fused-ring (bicyclic) bond motifs is 1. The van der Waals surface area contributed by atoms with Gasteiger partial charge in [0.25, 0.3) is 5.69 Å². The van der Waals surface area contributed by atoms with Crippen molar-refractivity contribution in [2.45, 2.75) is 6.92 Å². The first-order chi connectivity index (χ1) is 15.4. The molecule has 0 spiro atoms. The fourth-order valence-electron chi connectivity index (χ4n) is 2.90. The van der Waals surface area contributed by atoms with Crippen LogP contribution >= 0.6 is 11.9 Å². The summed E-state index contributed by atoms with van der Waals surface area (Å²) in [4.78, 5) is 39.1. The number of carbonyl (C=O) groups is 2. The molecule has 0 saturated carbocycles. The second-order valence-corrected chi connectivity index (χ2v) is 7.55. The molecule has 2 N–H and O–H groups in total. The summed E-state index contributed by atoms with van der Waals surface area (Å²) in [6.45, 7) is 1.83. The third kappa shape index (κ3) is 4.60. The van der Waals surface area contributed by atoms with Crippen LogP contribution < -0.4 is 10.0 Å². The average Bonchev–Trinajstić information content (AvgIpc) is 3.23. The number of aromatic nitrogens is 1. The van der Waals surface area contributed by atoms with Crippen molar-refractivity contribution < 1.29 is 18.9 Å². The van der Waals surface area contributed by atoms with E-state index in [9.17, 15) is 19.7 Å². The highest BCUT2D eigenvalue weighted by Crippen LogP contribution is 2.28. The Morgan fingerprint density at radius 3 is 2.53 bits per heavy atom. The number of hydrogen-bond donors (Lipinski definition) is 2. The van der Waals surface area contributed by atoms with Crippen molar-refractivity contribution in [1.82, 2.24) is 9.71 Å². The van der Waals surface area contributed by atoms with Crippen LogP contribution in [0.25, 0.3) is 22.6 Å². The number of amides is 2. The summed E-state index contributed by atoms with van der Waals surface area (Å²) in [6, 6.07) is 17.4. The van der Waals surface area contributed by atoms with E-state index < -0.39 is 16.1 Å². The molecule has 160 valence electrons. The minimum Gasteiger partial charge on any atom is -0.436 e. The molecule has 0 saturated heterocycles. The molecule has 32 heavy (non-hydrogen) atoms. The van der Waals surface area contributed by atoms with Crippen LogP contribution in [0.4, 0.5) is 16.2 Å². The van der Waals surface area contributed by atoms with Crippen molar-refractivity contribution in [1.29, 1.82) is 0 Å². The van der Waals surface area contributed by atoms with Crippen LogP contribution in [0.3, 0.4) is 0 Å². The van der Waals surface area contributed by atoms with Gasteiger partial charge in [0.15, 0.2) is 5.58 Å². The number of aryl methyl sites for hydroxylation is 1. The third-order valence-electron chi connectivity index (χ3n) is 4.58. The molecular weight excluding hydrogens is 432 g/mol. The molecule has 9 nitrogen and oxygen atoms in total. The highest BCUT2D eigenvalue weighted by atomic mass is 32.2. The van der Waals surface area contributed by atoms with Gasteiger partial charge >= 0.3 is 6.03 Å². The molecule has 4 aromatic rings. The number of urea groups is 1. The van der Waals surface area contributed by atoms with Crippen molar-refractivity contribution in [3.63, 3.8) is 0 Å². The Kier molecular flexibility index (Phi) is 5.86. The van der Waals surface area contributed by atoms with Crippen LogP contribution in [0, 0.1) is 17.0 Å². The van der Waals surface area contributed by atoms with Crippen LogP contribution in [0.15, 0.2) is 71.1 Å². The largest absolute Gasteiger partial charge is 0.436 e. The second kappa shape index (κ2) is 8.90. The number of carbonyl (C=O) groups excluding carboxylic acids is 2. The first-order valence-corrected chi connectivity index (χ1v) is 10.2. The van der Waals surface area contributed by atoms with Crippen molar-refractivity contribution in [2.24, 2.45) is 0 Å². The van der Waals surface area contributed by atoms with E-state index in [2.05, 4.69) is 15.0 Å². The van der Waals surface area contributed by atoms with Gasteiger partial charge in [-0.15, -0.1) is 0 Å². The zero-order chi connectivity index (χ0) is 22.7. The maximum Gasteiger partial charge on any atom is 0.329 e. The lowest BCUT2D eigenvalue weighted by atomic mass is 10.1. The Labute approximate surface area is 186 Å². The van der Waals surface area contributed by atoms with Crippen LogP contribution in [-0.2, 0) is 0 Å². The maximum atomic E-state index is 12.3. The molecule has 1 aromatic heterocycles. The lowest BCUT2D eigenvalue weighted by Crippen LogP contribution is -2.24. The van der Waals surface area contributed by atoms with Gasteiger partial charge in [0.05, 0.1) is 4.92 Å². The fourth-order valence-corrected chi connectivity index (χ4v) is 3.39. The first-order valence-electron chi connectivity index (χ1n) is 9.40. The molecule has 0 aliphatic heterocycles. The molecule has 0 unspecified atom stereocenters. The van der Waals surface area contributed by atoms with Gasteiger partial charge in [-0.2, -0.15) is 0 Å². The van der Waals surface area contributed by atoms with E-state index in [0.717, 1.165) is 11.1 Å². The Hall–Kier alpha value is -4.18. The van der Waals surface area contributed by atoms with E-state index in [4.69, 9.17) is 4.42 Å². The van der Waals surface area contributed by atoms with Gasteiger partial charge in [-0.1, -0.05) is 18.2 Å². The summed E-state index contributed by atoms with van der Waals surface area (Å²) in [6.07, 6.45) is 0. The van der Waals surface area contributed by atoms with Crippen molar-refractivity contribution in [2.75, 3.05) is 5.32 Å². The van der Waals surface area contributed by atoms with Crippen molar-refractivity contribution in [3.05, 3.63) is 88.0 Å². The molecule has 2 amide bonds. The van der Waals surface area contributed by atoms with Gasteiger partial charge in [-0.3, -0.25) is 19.6 Å². The molecule has 0 fully saturated rings. The smallest absolute Gasteiger partial charge is 0.329 e. The van der Waals surface area contributed by atoms with E-state index in [0.29, 0.717) is 34.7 Å². The molecule has 0 radical (unpaired) electrons. The number of anilines is 1. The van der Waals surface area contributed by atoms with E-state index >= 15 is 0 Å². The number of para-hydroxylation sites is 2. The lowest BCUT2D eigenvalue weighted by molar-refractivity contribution is -0.384. The molecule has 10 heteroatoms. The van der Waals surface area contributed by atoms with Crippen LogP contribution in [0.5, 0.6) is 0 Å². The van der Waals surface area contributed by atoms with Gasteiger partial charge in [0.1, 0.15) is 5.52 Å². The van der Waals surface area contributed by atoms with E-state index in [1.807, 2.05) is 43.3 Å². The highest BCUT2D eigenvalue weighted by molar-refractivity contribution is 8.12. The number of benzene rings is 3. The highest BCUT2D eigenvalue weighted by Gasteiger charge is 2.14. The maximum absolute atomic E-state index is 12.3. The third-order valence-corrected chi connectivity index (χ3v) is 5.29.